The summed E-state index contributed by atoms with van der Waals surface area (Å²) in [6.45, 7) is 0. The molecule has 0 aliphatic heterocycles. The number of nitrogens with zero attached hydrogens (tertiary/aromatic N) is 2. The smallest absolute Gasteiger partial charge is 0.512 e. The van der Waals surface area contributed by atoms with E-state index in [1.165, 1.54) is 11.3 Å². The quantitative estimate of drug-likeness (QED) is 0.689. The van der Waals surface area contributed by atoms with Gasteiger partial charge in [-0.3, -0.25) is 0 Å². The summed E-state index contributed by atoms with van der Waals surface area (Å²) in [6, 6.07) is 6.82. The average molecular weight is 251 g/mol. The van der Waals surface area contributed by atoms with Gasteiger partial charge < -0.3 is 20.0 Å². The molecule has 0 aliphatic carbocycles. The van der Waals surface area contributed by atoms with Crippen LogP contribution in [0.2, 0.25) is 0 Å². The largest absolute Gasteiger partial charge is 0.707 e. The molecule has 0 spiro atoms. The third-order valence-electron chi connectivity index (χ3n) is 1.98. The van der Waals surface area contributed by atoms with Crippen LogP contribution in [0, 0.1) is 0 Å². The van der Waals surface area contributed by atoms with Crippen LogP contribution in [-0.4, -0.2) is 34.6 Å². The van der Waals surface area contributed by atoms with Crippen molar-refractivity contribution in [2.45, 2.75) is 0 Å². The van der Waals surface area contributed by atoms with E-state index in [-0.39, 0.29) is 0 Å². The predicted octanol–water partition coefficient (Wildman–Crippen LogP) is 0.595. The van der Waals surface area contributed by atoms with Crippen molar-refractivity contribution in [3.63, 3.8) is 0 Å². The Bertz CT molecular complexity index is 488. The second-order valence-corrected chi connectivity index (χ2v) is 4.11. The number of aromatic nitrogens is 2. The molecule has 0 unspecified atom stereocenters. The minimum absolute atomic E-state index is 0.377. The Balaban J connectivity index is 2.17. The van der Waals surface area contributed by atoms with Crippen molar-refractivity contribution in [1.29, 1.82) is 0 Å². The Morgan fingerprint density at radius 3 is 2.47 bits per heavy atom. The van der Waals surface area contributed by atoms with Gasteiger partial charge in [0.1, 0.15) is 10.8 Å². The Labute approximate surface area is 102 Å². The third kappa shape index (κ3) is 2.93. The summed E-state index contributed by atoms with van der Waals surface area (Å²) < 4.78 is 4.70. The first-order chi connectivity index (χ1) is 8.19. The zero-order valence-corrected chi connectivity index (χ0v) is 9.81. The lowest BCUT2D eigenvalue weighted by Gasteiger charge is -2.04. The summed E-state index contributed by atoms with van der Waals surface area (Å²) in [7, 11) is -0.0255. The molecule has 88 valence electrons. The summed E-state index contributed by atoms with van der Waals surface area (Å²) >= 11 is 1.43. The Hall–Kier alpha value is -1.64. The van der Waals surface area contributed by atoms with Gasteiger partial charge in [-0.05, 0) is 24.3 Å². The van der Waals surface area contributed by atoms with Gasteiger partial charge in [-0.25, -0.2) is 0 Å². The molecular formula is C9H10BN3O3S. The van der Waals surface area contributed by atoms with E-state index in [9.17, 15) is 0 Å². The van der Waals surface area contributed by atoms with E-state index in [1.54, 1.807) is 31.3 Å². The summed E-state index contributed by atoms with van der Waals surface area (Å²) in [5.41, 5.74) is 0.892. The molecule has 0 atom stereocenters. The lowest BCUT2D eigenvalue weighted by atomic mass is 10.2. The van der Waals surface area contributed by atoms with Gasteiger partial charge in [-0.15, -0.1) is 10.2 Å². The molecule has 17 heavy (non-hydrogen) atoms. The standard InChI is InChI=1S/C9H10BN3O3S/c1-11-9-13-12-8(17-9)6-2-4-7(5-3-6)16-10(14)15/h2-5,14-15H,1H3,(H,11,13). The topological polar surface area (TPSA) is 87.5 Å². The highest BCUT2D eigenvalue weighted by atomic mass is 32.1. The molecule has 0 saturated heterocycles. The van der Waals surface area contributed by atoms with E-state index in [0.717, 1.165) is 15.7 Å². The molecule has 0 radical (unpaired) electrons. The maximum Gasteiger partial charge on any atom is 0.707 e. The fourth-order valence-corrected chi connectivity index (χ4v) is 1.94. The van der Waals surface area contributed by atoms with Crippen molar-refractivity contribution in [1.82, 2.24) is 10.2 Å². The number of nitrogens with one attached hydrogen (secondary N) is 1. The minimum atomic E-state index is -1.81. The average Bonchev–Trinajstić information content (AvgIpc) is 2.78. The minimum Gasteiger partial charge on any atom is -0.512 e. The molecule has 3 N–H and O–H groups in total. The van der Waals surface area contributed by atoms with E-state index in [0.29, 0.717) is 5.75 Å². The Kier molecular flexibility index (Phi) is 3.57. The molecule has 8 heteroatoms. The SMILES string of the molecule is CNc1nnc(-c2ccc(OB(O)O)cc2)s1. The number of rotatable bonds is 4. The maximum absolute atomic E-state index is 8.63. The molecule has 0 saturated carbocycles. The molecule has 0 aliphatic rings. The van der Waals surface area contributed by atoms with Crippen LogP contribution >= 0.6 is 11.3 Å². The molecule has 0 bridgehead atoms. The van der Waals surface area contributed by atoms with Crippen LogP contribution in [-0.2, 0) is 0 Å². The highest BCUT2D eigenvalue weighted by Crippen LogP contribution is 2.27. The number of benzene rings is 1. The van der Waals surface area contributed by atoms with Gasteiger partial charge in [0.15, 0.2) is 0 Å². The molecule has 0 fully saturated rings. The van der Waals surface area contributed by atoms with Crippen LogP contribution < -0.4 is 9.97 Å². The summed E-state index contributed by atoms with van der Waals surface area (Å²) in [5.74, 6) is 0.377. The lowest BCUT2D eigenvalue weighted by Crippen LogP contribution is -2.20. The summed E-state index contributed by atoms with van der Waals surface area (Å²) in [4.78, 5) is 0. The first-order valence-corrected chi connectivity index (χ1v) is 5.65. The van der Waals surface area contributed by atoms with Crippen LogP contribution in [0.5, 0.6) is 5.75 Å². The molecule has 0 amide bonds. The molecular weight excluding hydrogens is 241 g/mol. The fraction of sp³-hybridized carbons (Fsp3) is 0.111. The van der Waals surface area contributed by atoms with Crippen LogP contribution in [0.1, 0.15) is 0 Å². The van der Waals surface area contributed by atoms with Crippen molar-refractivity contribution in [3.05, 3.63) is 24.3 Å². The highest BCUT2D eigenvalue weighted by Gasteiger charge is 2.11. The zero-order chi connectivity index (χ0) is 12.3. The van der Waals surface area contributed by atoms with Gasteiger partial charge in [0.2, 0.25) is 5.13 Å². The van der Waals surface area contributed by atoms with Crippen LogP contribution in [0.15, 0.2) is 24.3 Å². The summed E-state index contributed by atoms with van der Waals surface area (Å²) in [5, 5.41) is 29.6. The Morgan fingerprint density at radius 1 is 1.24 bits per heavy atom. The molecule has 2 aromatic rings. The van der Waals surface area contributed by atoms with Crippen LogP contribution in [0.25, 0.3) is 10.6 Å². The number of hydrogen-bond donors (Lipinski definition) is 3. The van der Waals surface area contributed by atoms with Gasteiger partial charge in [-0.2, -0.15) is 0 Å². The van der Waals surface area contributed by atoms with E-state index < -0.39 is 7.32 Å². The molecule has 1 heterocycles. The normalized spacial score (nSPS) is 10.1. The van der Waals surface area contributed by atoms with Crippen LogP contribution in [0.3, 0.4) is 0 Å². The molecule has 6 nitrogen and oxygen atoms in total. The molecule has 1 aromatic heterocycles. The molecule has 1 aromatic carbocycles. The van der Waals surface area contributed by atoms with E-state index in [1.807, 2.05) is 0 Å². The van der Waals surface area contributed by atoms with Gasteiger partial charge in [0.25, 0.3) is 0 Å². The van der Waals surface area contributed by atoms with Crippen molar-refractivity contribution in [2.75, 3.05) is 12.4 Å². The van der Waals surface area contributed by atoms with E-state index in [2.05, 4.69) is 15.5 Å². The Morgan fingerprint density at radius 2 is 1.94 bits per heavy atom. The van der Waals surface area contributed by atoms with E-state index >= 15 is 0 Å². The van der Waals surface area contributed by atoms with Crippen molar-refractivity contribution < 1.29 is 14.7 Å². The zero-order valence-electron chi connectivity index (χ0n) is 8.99. The lowest BCUT2D eigenvalue weighted by molar-refractivity contribution is 0.288. The fourth-order valence-electron chi connectivity index (χ4n) is 1.24. The summed E-state index contributed by atoms with van der Waals surface area (Å²) in [6.07, 6.45) is 0. The maximum atomic E-state index is 8.63. The highest BCUT2D eigenvalue weighted by molar-refractivity contribution is 7.18. The van der Waals surface area contributed by atoms with Gasteiger partial charge in [0, 0.05) is 12.6 Å². The van der Waals surface area contributed by atoms with Gasteiger partial charge in [0.05, 0.1) is 0 Å². The number of anilines is 1. The predicted molar refractivity (Wildman–Crippen MR) is 65.7 cm³/mol. The van der Waals surface area contributed by atoms with Crippen molar-refractivity contribution >= 4 is 23.8 Å². The first kappa shape index (κ1) is 11.8. The second kappa shape index (κ2) is 5.13. The molecule has 2 rings (SSSR count). The van der Waals surface area contributed by atoms with Crippen molar-refractivity contribution in [2.24, 2.45) is 0 Å². The first-order valence-electron chi connectivity index (χ1n) is 4.83. The monoisotopic (exact) mass is 251 g/mol. The third-order valence-corrected chi connectivity index (χ3v) is 2.97. The van der Waals surface area contributed by atoms with Gasteiger partial charge in [-0.1, -0.05) is 11.3 Å². The van der Waals surface area contributed by atoms with Crippen molar-refractivity contribution in [3.8, 4) is 16.3 Å². The number of hydrogen-bond acceptors (Lipinski definition) is 7. The van der Waals surface area contributed by atoms with Crippen LogP contribution in [0.4, 0.5) is 5.13 Å². The second-order valence-electron chi connectivity index (χ2n) is 3.13. The van der Waals surface area contributed by atoms with Gasteiger partial charge >= 0.3 is 7.32 Å². The van der Waals surface area contributed by atoms with E-state index in [4.69, 9.17) is 14.7 Å².